The van der Waals surface area contributed by atoms with Crippen LogP contribution in [0.2, 0.25) is 0 Å². The zero-order chi connectivity index (χ0) is 18.3. The number of amides is 1. The van der Waals surface area contributed by atoms with Gasteiger partial charge in [-0.05, 0) is 61.9 Å². The highest BCUT2D eigenvalue weighted by Gasteiger charge is 2.43. The normalized spacial score (nSPS) is 26.9. The Hall–Kier alpha value is -1.44. The average molecular weight is 378 g/mol. The van der Waals surface area contributed by atoms with E-state index < -0.39 is 10.0 Å². The molecule has 6 nitrogen and oxygen atoms in total. The summed E-state index contributed by atoms with van der Waals surface area (Å²) in [6.07, 6.45) is 4.29. The third-order valence-electron chi connectivity index (χ3n) is 6.09. The van der Waals surface area contributed by atoms with Gasteiger partial charge < -0.3 is 10.2 Å². The van der Waals surface area contributed by atoms with Crippen molar-refractivity contribution in [2.75, 3.05) is 26.2 Å². The van der Waals surface area contributed by atoms with Crippen molar-refractivity contribution >= 4 is 15.9 Å². The second kappa shape index (κ2) is 6.94. The Kier molecular flexibility index (Phi) is 4.79. The summed E-state index contributed by atoms with van der Waals surface area (Å²) < 4.78 is 28.5. The van der Waals surface area contributed by atoms with Crippen LogP contribution in [0.4, 0.5) is 0 Å². The van der Waals surface area contributed by atoms with Crippen LogP contribution < -0.4 is 5.32 Å². The van der Waals surface area contributed by atoms with Gasteiger partial charge in [0.05, 0.1) is 4.90 Å². The van der Waals surface area contributed by atoms with Crippen LogP contribution in [-0.4, -0.2) is 61.8 Å². The van der Waals surface area contributed by atoms with Gasteiger partial charge in [-0.1, -0.05) is 6.07 Å². The summed E-state index contributed by atoms with van der Waals surface area (Å²) >= 11 is 0. The maximum atomic E-state index is 13.4. The maximum Gasteiger partial charge on any atom is 0.243 e. The van der Waals surface area contributed by atoms with E-state index in [0.717, 1.165) is 49.9 Å². The molecule has 3 aliphatic heterocycles. The van der Waals surface area contributed by atoms with Gasteiger partial charge in [0.2, 0.25) is 15.9 Å². The monoisotopic (exact) mass is 377 g/mol. The van der Waals surface area contributed by atoms with E-state index in [9.17, 15) is 13.2 Å². The zero-order valence-electron chi connectivity index (χ0n) is 15.3. The summed E-state index contributed by atoms with van der Waals surface area (Å²) in [6, 6.07) is 5.75. The molecule has 2 bridgehead atoms. The Bertz CT molecular complexity index is 794. The molecule has 0 saturated carbocycles. The highest BCUT2D eigenvalue weighted by atomic mass is 32.2. The third kappa shape index (κ3) is 3.17. The number of benzene rings is 1. The summed E-state index contributed by atoms with van der Waals surface area (Å²) in [5, 5.41) is 3.36. The second-order valence-electron chi connectivity index (χ2n) is 7.65. The predicted molar refractivity (Wildman–Crippen MR) is 99.4 cm³/mol. The molecule has 0 aliphatic carbocycles. The first-order valence-corrected chi connectivity index (χ1v) is 11.0. The molecule has 3 heterocycles. The Balaban J connectivity index is 1.63. The number of rotatable bonds is 2. The van der Waals surface area contributed by atoms with E-state index in [1.807, 2.05) is 17.0 Å². The fraction of sp³-hybridized carbons (Fsp3) is 0.632. The Morgan fingerprint density at radius 1 is 1.08 bits per heavy atom. The first kappa shape index (κ1) is 17.9. The van der Waals surface area contributed by atoms with Gasteiger partial charge in [0, 0.05) is 38.6 Å². The van der Waals surface area contributed by atoms with E-state index in [4.69, 9.17) is 0 Å². The third-order valence-corrected chi connectivity index (χ3v) is 8.09. The van der Waals surface area contributed by atoms with Crippen molar-refractivity contribution in [3.05, 3.63) is 29.3 Å². The summed E-state index contributed by atoms with van der Waals surface area (Å²) in [7, 11) is -3.48. The minimum atomic E-state index is -3.48. The molecule has 2 unspecified atom stereocenters. The number of hydrogen-bond donors (Lipinski definition) is 1. The summed E-state index contributed by atoms with van der Waals surface area (Å²) in [5.41, 5.74) is 2.23. The van der Waals surface area contributed by atoms with Gasteiger partial charge in [0.15, 0.2) is 0 Å². The minimum Gasteiger partial charge on any atom is -0.342 e. The van der Waals surface area contributed by atoms with E-state index in [2.05, 4.69) is 5.32 Å². The Morgan fingerprint density at radius 2 is 1.81 bits per heavy atom. The van der Waals surface area contributed by atoms with Crippen LogP contribution in [0.5, 0.6) is 0 Å². The van der Waals surface area contributed by atoms with Crippen molar-refractivity contribution in [3.8, 4) is 0 Å². The molecule has 1 aromatic rings. The molecule has 142 valence electrons. The molecule has 7 heteroatoms. The predicted octanol–water partition coefficient (Wildman–Crippen LogP) is 1.15. The number of carbonyl (C=O) groups excluding carboxylic acids is 1. The lowest BCUT2D eigenvalue weighted by Gasteiger charge is -2.27. The Labute approximate surface area is 155 Å². The van der Waals surface area contributed by atoms with Crippen LogP contribution in [0.1, 0.15) is 37.3 Å². The van der Waals surface area contributed by atoms with Crippen molar-refractivity contribution in [1.29, 1.82) is 0 Å². The molecule has 26 heavy (non-hydrogen) atoms. The van der Waals surface area contributed by atoms with Crippen molar-refractivity contribution < 1.29 is 13.2 Å². The number of hydrogen-bond acceptors (Lipinski definition) is 4. The molecule has 0 spiro atoms. The molecular formula is C19H27N3O3S. The second-order valence-corrected chi connectivity index (χ2v) is 9.49. The van der Waals surface area contributed by atoms with Crippen LogP contribution in [0.3, 0.4) is 0 Å². The fourth-order valence-corrected chi connectivity index (χ4v) is 6.58. The summed E-state index contributed by atoms with van der Waals surface area (Å²) in [4.78, 5) is 13.9. The molecule has 1 amide bonds. The molecule has 0 radical (unpaired) electrons. The average Bonchev–Trinajstić information content (AvgIpc) is 2.77. The van der Waals surface area contributed by atoms with Gasteiger partial charge in [-0.15, -0.1) is 0 Å². The lowest BCUT2D eigenvalue weighted by Crippen LogP contribution is -2.42. The van der Waals surface area contributed by atoms with Gasteiger partial charge in [-0.2, -0.15) is 4.31 Å². The van der Waals surface area contributed by atoms with E-state index in [0.29, 0.717) is 24.4 Å². The molecule has 4 rings (SSSR count). The quantitative estimate of drug-likeness (QED) is 0.839. The SMILES string of the molecule is CC(=O)N1CCc2ccc(S(=O)(=O)N3C4CCNCC3CC4)cc2CC1. The number of fused-ring (bicyclic) bond motifs is 3. The molecule has 3 aliphatic rings. The largest absolute Gasteiger partial charge is 0.342 e. The molecule has 2 saturated heterocycles. The molecule has 0 aromatic heterocycles. The van der Waals surface area contributed by atoms with Crippen molar-refractivity contribution in [2.24, 2.45) is 0 Å². The maximum absolute atomic E-state index is 13.4. The smallest absolute Gasteiger partial charge is 0.243 e. The van der Waals surface area contributed by atoms with Crippen LogP contribution in [0, 0.1) is 0 Å². The molecule has 1 aromatic carbocycles. The number of carbonyl (C=O) groups is 1. The van der Waals surface area contributed by atoms with E-state index >= 15 is 0 Å². The van der Waals surface area contributed by atoms with Crippen LogP contribution >= 0.6 is 0 Å². The van der Waals surface area contributed by atoms with Gasteiger partial charge in [0.1, 0.15) is 0 Å². The summed E-state index contributed by atoms with van der Waals surface area (Å²) in [5.74, 6) is 0.0827. The van der Waals surface area contributed by atoms with E-state index in [-0.39, 0.29) is 18.0 Å². The van der Waals surface area contributed by atoms with Crippen molar-refractivity contribution in [3.63, 3.8) is 0 Å². The van der Waals surface area contributed by atoms with E-state index in [1.54, 1.807) is 17.3 Å². The molecular weight excluding hydrogens is 350 g/mol. The number of sulfonamides is 1. The molecule has 2 atom stereocenters. The standard InChI is InChI=1S/C19H27N3O3S/c1-14(23)21-10-7-15-2-5-19(12-16(15)8-11-21)26(24,25)22-17-3-4-18(22)13-20-9-6-17/h2,5,12,17-18,20H,3-4,6-11,13H2,1H3. The zero-order valence-corrected chi connectivity index (χ0v) is 16.1. The lowest BCUT2D eigenvalue weighted by atomic mass is 10.0. The van der Waals surface area contributed by atoms with Crippen molar-refractivity contribution in [2.45, 2.75) is 56.0 Å². The van der Waals surface area contributed by atoms with Crippen LogP contribution in [0.25, 0.3) is 0 Å². The van der Waals surface area contributed by atoms with Crippen LogP contribution in [-0.2, 0) is 27.7 Å². The van der Waals surface area contributed by atoms with Gasteiger partial charge >= 0.3 is 0 Å². The fourth-order valence-electron chi connectivity index (χ4n) is 4.63. The van der Waals surface area contributed by atoms with E-state index in [1.165, 1.54) is 0 Å². The van der Waals surface area contributed by atoms with Crippen LogP contribution in [0.15, 0.2) is 23.1 Å². The van der Waals surface area contributed by atoms with Crippen molar-refractivity contribution in [1.82, 2.24) is 14.5 Å². The van der Waals surface area contributed by atoms with Gasteiger partial charge in [-0.25, -0.2) is 8.42 Å². The molecule has 1 N–H and O–H groups in total. The molecule has 2 fully saturated rings. The van der Waals surface area contributed by atoms with Gasteiger partial charge in [-0.3, -0.25) is 4.79 Å². The minimum absolute atomic E-state index is 0.0690. The van der Waals surface area contributed by atoms with Gasteiger partial charge in [0.25, 0.3) is 0 Å². The number of nitrogens with one attached hydrogen (secondary N) is 1. The summed E-state index contributed by atoms with van der Waals surface area (Å²) in [6.45, 7) is 4.59. The lowest BCUT2D eigenvalue weighted by molar-refractivity contribution is -0.128. The first-order chi connectivity index (χ1) is 12.5. The first-order valence-electron chi connectivity index (χ1n) is 9.58. The number of nitrogens with zero attached hydrogens (tertiary/aromatic N) is 2. The highest BCUT2D eigenvalue weighted by Crippen LogP contribution is 2.34. The topological polar surface area (TPSA) is 69.7 Å². The Morgan fingerprint density at radius 3 is 2.58 bits per heavy atom. The highest BCUT2D eigenvalue weighted by molar-refractivity contribution is 7.89.